The van der Waals surface area contributed by atoms with Crippen molar-refractivity contribution in [2.75, 3.05) is 24.9 Å². The molecule has 1 aliphatic rings. The number of alkyl halides is 2. The van der Waals surface area contributed by atoms with Gasteiger partial charge in [0, 0.05) is 22.3 Å². The summed E-state index contributed by atoms with van der Waals surface area (Å²) in [5.41, 5.74) is 0.211. The minimum absolute atomic E-state index is 0.0127. The highest BCUT2D eigenvalue weighted by atomic mass is 35.5. The number of halogens is 4. The lowest BCUT2D eigenvalue weighted by Gasteiger charge is -2.34. The van der Waals surface area contributed by atoms with Gasteiger partial charge in [-0.3, -0.25) is 23.3 Å². The van der Waals surface area contributed by atoms with E-state index >= 15 is 0 Å². The number of rotatable bonds is 10. The Labute approximate surface area is 199 Å². The Balaban J connectivity index is 2.11. The van der Waals surface area contributed by atoms with Crippen LogP contribution in [0.25, 0.3) is 0 Å². The zero-order valence-electron chi connectivity index (χ0n) is 18.0. The summed E-state index contributed by atoms with van der Waals surface area (Å²) in [5, 5.41) is 5.06. The summed E-state index contributed by atoms with van der Waals surface area (Å²) in [7, 11) is 0. The second-order valence-electron chi connectivity index (χ2n) is 7.57. The van der Waals surface area contributed by atoms with Crippen LogP contribution in [0.1, 0.15) is 24.4 Å². The summed E-state index contributed by atoms with van der Waals surface area (Å²) in [6, 6.07) is 7.77. The number of hydrogen-bond donors (Lipinski definition) is 2. The normalized spacial score (nSPS) is 16.0. The molecule has 0 saturated carbocycles. The summed E-state index contributed by atoms with van der Waals surface area (Å²) in [6.45, 7) is -1.88. The molecule has 182 valence electrons. The quantitative estimate of drug-likeness (QED) is 0.522. The first kappa shape index (κ1) is 25.4. The molecule has 2 N–H and O–H groups in total. The van der Waals surface area contributed by atoms with Crippen LogP contribution < -0.4 is 15.5 Å². The molecule has 1 unspecified atom stereocenters. The van der Waals surface area contributed by atoms with Crippen molar-refractivity contribution in [1.29, 1.82) is 0 Å². The Morgan fingerprint density at radius 2 is 1.85 bits per heavy atom. The number of amides is 3. The highest BCUT2D eigenvalue weighted by molar-refractivity contribution is 6.31. The molecule has 1 aliphatic heterocycles. The third-order valence-electron chi connectivity index (χ3n) is 5.26. The van der Waals surface area contributed by atoms with Crippen molar-refractivity contribution in [3.05, 3.63) is 64.9 Å². The molecule has 0 aromatic heterocycles. The first-order valence-corrected chi connectivity index (χ1v) is 10.9. The monoisotopic (exact) mass is 497 g/mol. The minimum atomic E-state index is -1.44. The summed E-state index contributed by atoms with van der Waals surface area (Å²) in [6.07, 6.45) is -1.08. The van der Waals surface area contributed by atoms with Crippen LogP contribution in [-0.4, -0.2) is 49.9 Å². The van der Waals surface area contributed by atoms with Crippen LogP contribution in [0.2, 0.25) is 5.02 Å². The van der Waals surface area contributed by atoms with Crippen LogP contribution in [0.3, 0.4) is 0 Å². The molecule has 3 amide bonds. The number of anilines is 1. The number of carbonyl (C=O) groups is 3. The van der Waals surface area contributed by atoms with E-state index in [9.17, 15) is 27.6 Å². The maximum Gasteiger partial charge on any atom is 0.407 e. The summed E-state index contributed by atoms with van der Waals surface area (Å²) in [4.78, 5) is 39.6. The van der Waals surface area contributed by atoms with Crippen molar-refractivity contribution in [1.82, 2.24) is 10.6 Å². The van der Waals surface area contributed by atoms with Crippen molar-refractivity contribution < 1.29 is 32.3 Å². The summed E-state index contributed by atoms with van der Waals surface area (Å²) in [5.74, 6) is -2.21. The van der Waals surface area contributed by atoms with Crippen LogP contribution in [0.5, 0.6) is 0 Å². The highest BCUT2D eigenvalue weighted by Gasteiger charge is 2.40. The van der Waals surface area contributed by atoms with E-state index in [1.54, 1.807) is 12.1 Å². The van der Waals surface area contributed by atoms with Gasteiger partial charge in [-0.1, -0.05) is 35.9 Å². The molecular weight excluding hydrogens is 475 g/mol. The van der Waals surface area contributed by atoms with Gasteiger partial charge in [-0.2, -0.15) is 0 Å². The van der Waals surface area contributed by atoms with E-state index in [1.807, 2.05) is 0 Å². The van der Waals surface area contributed by atoms with Gasteiger partial charge < -0.3 is 15.4 Å². The molecule has 3 rings (SSSR count). The smallest absolute Gasteiger partial charge is 0.407 e. The Hall–Kier alpha value is -3.27. The number of ether oxygens (including phenoxy) is 1. The van der Waals surface area contributed by atoms with E-state index in [0.29, 0.717) is 0 Å². The van der Waals surface area contributed by atoms with Crippen molar-refractivity contribution in [3.63, 3.8) is 0 Å². The van der Waals surface area contributed by atoms with Gasteiger partial charge in [-0.25, -0.2) is 9.18 Å². The minimum Gasteiger partial charge on any atom is -0.447 e. The number of nitrogens with zero attached hydrogens (tertiary/aromatic N) is 1. The molecule has 0 bridgehead atoms. The van der Waals surface area contributed by atoms with Gasteiger partial charge in [0.15, 0.2) is 0 Å². The Morgan fingerprint density at radius 1 is 1.15 bits per heavy atom. The van der Waals surface area contributed by atoms with Gasteiger partial charge in [-0.05, 0) is 37.1 Å². The van der Waals surface area contributed by atoms with Crippen LogP contribution in [0.4, 0.5) is 23.7 Å². The molecule has 2 aromatic rings. The first-order valence-electron chi connectivity index (χ1n) is 10.5. The third-order valence-corrected chi connectivity index (χ3v) is 5.61. The molecule has 7 nitrogen and oxygen atoms in total. The zero-order valence-corrected chi connectivity index (χ0v) is 18.7. The third kappa shape index (κ3) is 5.99. The molecule has 0 radical (unpaired) electrons. The maximum absolute atomic E-state index is 14.1. The van der Waals surface area contributed by atoms with Crippen LogP contribution in [-0.2, 0) is 14.3 Å². The topological polar surface area (TPSA) is 87.7 Å². The lowest BCUT2D eigenvalue weighted by Crippen LogP contribution is -2.52. The molecule has 0 spiro atoms. The standard InChI is InChI=1S/C23H23ClF3N3O4/c24-18-7-2-1-6-17(18)20(21(31)28-15(8-10-25)9-11-26)30(16-5-3-4-14(27)12-16)22(32)19-13-34-23(33)29-19/h1-7,12,15,19-20H,8-11,13H2,(H,28,31)(H,29,33)/t19-,20?/m0/s1. The van der Waals surface area contributed by atoms with Crippen molar-refractivity contribution in [2.45, 2.75) is 31.0 Å². The van der Waals surface area contributed by atoms with E-state index < -0.39 is 55.2 Å². The highest BCUT2D eigenvalue weighted by Crippen LogP contribution is 2.33. The second-order valence-corrected chi connectivity index (χ2v) is 7.98. The van der Waals surface area contributed by atoms with Crippen molar-refractivity contribution >= 4 is 35.2 Å². The fourth-order valence-electron chi connectivity index (χ4n) is 3.64. The lowest BCUT2D eigenvalue weighted by atomic mass is 10.0. The second kappa shape index (κ2) is 11.7. The Kier molecular flexibility index (Phi) is 8.75. The molecular formula is C23H23ClF3N3O4. The summed E-state index contributed by atoms with van der Waals surface area (Å²) < 4.78 is 44.9. The van der Waals surface area contributed by atoms with Gasteiger partial charge in [0.1, 0.15) is 24.5 Å². The van der Waals surface area contributed by atoms with Gasteiger partial charge in [-0.15, -0.1) is 0 Å². The van der Waals surface area contributed by atoms with E-state index in [4.69, 9.17) is 16.3 Å². The molecule has 2 atom stereocenters. The number of hydrogen-bond acceptors (Lipinski definition) is 4. The van der Waals surface area contributed by atoms with Gasteiger partial charge in [0.25, 0.3) is 5.91 Å². The first-order chi connectivity index (χ1) is 16.3. The number of cyclic esters (lactones) is 1. The average molecular weight is 498 g/mol. The molecule has 1 heterocycles. The Bertz CT molecular complexity index is 1040. The van der Waals surface area contributed by atoms with E-state index in [0.717, 1.165) is 17.0 Å². The predicted molar refractivity (Wildman–Crippen MR) is 119 cm³/mol. The van der Waals surface area contributed by atoms with Crippen LogP contribution in [0.15, 0.2) is 48.5 Å². The molecule has 1 saturated heterocycles. The van der Waals surface area contributed by atoms with Crippen molar-refractivity contribution in [3.8, 4) is 0 Å². The van der Waals surface area contributed by atoms with Crippen LogP contribution >= 0.6 is 11.6 Å². The molecule has 34 heavy (non-hydrogen) atoms. The number of benzene rings is 2. The number of alkyl carbamates (subject to hydrolysis) is 1. The predicted octanol–water partition coefficient (Wildman–Crippen LogP) is 3.87. The average Bonchev–Trinajstić information content (AvgIpc) is 3.24. The fourth-order valence-corrected chi connectivity index (χ4v) is 3.88. The summed E-state index contributed by atoms with van der Waals surface area (Å²) >= 11 is 6.37. The molecule has 2 aromatic carbocycles. The zero-order chi connectivity index (χ0) is 24.7. The molecule has 0 aliphatic carbocycles. The van der Waals surface area contributed by atoms with E-state index in [2.05, 4.69) is 10.6 Å². The van der Waals surface area contributed by atoms with Crippen molar-refractivity contribution in [2.24, 2.45) is 0 Å². The number of carbonyl (C=O) groups excluding carboxylic acids is 3. The van der Waals surface area contributed by atoms with E-state index in [1.165, 1.54) is 24.3 Å². The Morgan fingerprint density at radius 3 is 2.44 bits per heavy atom. The van der Waals surface area contributed by atoms with Gasteiger partial charge in [0.05, 0.1) is 13.3 Å². The van der Waals surface area contributed by atoms with Gasteiger partial charge >= 0.3 is 6.09 Å². The largest absolute Gasteiger partial charge is 0.447 e. The molecule has 11 heteroatoms. The van der Waals surface area contributed by atoms with Gasteiger partial charge in [0.2, 0.25) is 5.91 Å². The lowest BCUT2D eigenvalue weighted by molar-refractivity contribution is -0.128. The fraction of sp³-hybridized carbons (Fsp3) is 0.348. The van der Waals surface area contributed by atoms with Crippen LogP contribution in [0, 0.1) is 5.82 Å². The maximum atomic E-state index is 14.1. The van der Waals surface area contributed by atoms with E-state index in [-0.39, 0.29) is 35.7 Å². The SMILES string of the molecule is O=C1N[C@H](C(=O)N(c2cccc(F)c2)C(C(=O)NC(CCF)CCF)c2ccccc2Cl)CO1. The number of nitrogens with one attached hydrogen (secondary N) is 2. The molecule has 1 fully saturated rings.